The Morgan fingerprint density at radius 2 is 1.56 bits per heavy atom. The highest BCUT2D eigenvalue weighted by Gasteiger charge is 2.34. The Hall–Kier alpha value is -1.26. The van der Waals surface area contributed by atoms with Crippen LogP contribution in [0, 0.1) is 5.41 Å². The molecule has 0 aliphatic rings. The fourth-order valence-electron chi connectivity index (χ4n) is 0.988. The first-order chi connectivity index (χ1) is 7.50. The molecule has 0 N–H and O–H groups in total. The number of hydrogen-bond acceptors (Lipinski definition) is 5. The van der Waals surface area contributed by atoms with Crippen LogP contribution in [0.15, 0.2) is 0 Å². The summed E-state index contributed by atoms with van der Waals surface area (Å²) in [5.74, 6) is -0.359. The third-order valence-electron chi connectivity index (χ3n) is 2.32. The zero-order chi connectivity index (χ0) is 12.6. The number of carbonyl (C=O) groups excluding carboxylic acids is 2. The van der Waals surface area contributed by atoms with Crippen molar-refractivity contribution in [1.82, 2.24) is 0 Å². The molecule has 0 bridgehead atoms. The van der Waals surface area contributed by atoms with Crippen LogP contribution in [0.1, 0.15) is 34.1 Å². The molecule has 0 aliphatic heterocycles. The average molecular weight is 232 g/mol. The second-order valence-corrected chi connectivity index (χ2v) is 3.61. The monoisotopic (exact) mass is 232 g/mol. The first kappa shape index (κ1) is 14.7. The predicted octanol–water partition coefficient (Wildman–Crippen LogP) is 2.14. The number of hydrogen-bond donors (Lipinski definition) is 0. The first-order valence-corrected chi connectivity index (χ1v) is 5.47. The molecule has 0 rings (SSSR count). The van der Waals surface area contributed by atoms with Crippen molar-refractivity contribution in [3.8, 4) is 0 Å². The fourth-order valence-corrected chi connectivity index (χ4v) is 0.988. The van der Waals surface area contributed by atoms with Crippen molar-refractivity contribution in [3.63, 3.8) is 0 Å². The van der Waals surface area contributed by atoms with E-state index in [0.717, 1.165) is 0 Å². The van der Waals surface area contributed by atoms with Crippen LogP contribution in [-0.4, -0.2) is 31.9 Å². The van der Waals surface area contributed by atoms with Crippen molar-refractivity contribution in [1.29, 1.82) is 0 Å². The average Bonchev–Trinajstić information content (AvgIpc) is 2.26. The van der Waals surface area contributed by atoms with Gasteiger partial charge in [-0.05, 0) is 27.2 Å². The van der Waals surface area contributed by atoms with Crippen LogP contribution in [0.2, 0.25) is 0 Å². The summed E-state index contributed by atoms with van der Waals surface area (Å²) in [7, 11) is 0. The Labute approximate surface area is 96.1 Å². The van der Waals surface area contributed by atoms with Gasteiger partial charge in [0.2, 0.25) is 0 Å². The van der Waals surface area contributed by atoms with Crippen LogP contribution in [0.5, 0.6) is 0 Å². The zero-order valence-corrected chi connectivity index (χ0v) is 10.4. The van der Waals surface area contributed by atoms with Crippen LogP contribution < -0.4 is 0 Å². The van der Waals surface area contributed by atoms with E-state index in [9.17, 15) is 9.59 Å². The fraction of sp³-hybridized carbons (Fsp3) is 0.818. The summed E-state index contributed by atoms with van der Waals surface area (Å²) in [4.78, 5) is 22.6. The lowest BCUT2D eigenvalue weighted by Crippen LogP contribution is -2.35. The van der Waals surface area contributed by atoms with Gasteiger partial charge in [-0.2, -0.15) is 0 Å². The molecule has 1 unspecified atom stereocenters. The highest BCUT2D eigenvalue weighted by atomic mass is 16.7. The minimum absolute atomic E-state index is 0.0266. The lowest BCUT2D eigenvalue weighted by Gasteiger charge is -2.24. The van der Waals surface area contributed by atoms with E-state index in [4.69, 9.17) is 9.47 Å². The highest BCUT2D eigenvalue weighted by molar-refractivity contribution is 5.76. The molecular weight excluding hydrogens is 212 g/mol. The van der Waals surface area contributed by atoms with Gasteiger partial charge in [-0.1, -0.05) is 6.92 Å². The van der Waals surface area contributed by atoms with Gasteiger partial charge < -0.3 is 14.2 Å². The molecule has 0 fully saturated rings. The summed E-state index contributed by atoms with van der Waals surface area (Å²) >= 11 is 0. The molecule has 0 amide bonds. The van der Waals surface area contributed by atoms with Crippen LogP contribution in [-0.2, 0) is 19.0 Å². The second-order valence-electron chi connectivity index (χ2n) is 3.61. The van der Waals surface area contributed by atoms with Gasteiger partial charge in [-0.3, -0.25) is 4.79 Å². The first-order valence-electron chi connectivity index (χ1n) is 5.47. The van der Waals surface area contributed by atoms with E-state index in [-0.39, 0.29) is 19.2 Å². The topological polar surface area (TPSA) is 61.8 Å². The Kier molecular flexibility index (Phi) is 6.53. The molecule has 0 aromatic carbocycles. The maximum absolute atomic E-state index is 11.6. The smallest absolute Gasteiger partial charge is 0.465 e. The molecule has 5 heteroatoms. The Morgan fingerprint density at radius 1 is 1.00 bits per heavy atom. The van der Waals surface area contributed by atoms with Gasteiger partial charge >= 0.3 is 12.1 Å². The highest BCUT2D eigenvalue weighted by Crippen LogP contribution is 2.23. The van der Waals surface area contributed by atoms with E-state index in [1.165, 1.54) is 0 Å². The van der Waals surface area contributed by atoms with Gasteiger partial charge in [-0.15, -0.1) is 0 Å². The van der Waals surface area contributed by atoms with Crippen molar-refractivity contribution in [2.75, 3.05) is 19.8 Å². The predicted molar refractivity (Wildman–Crippen MR) is 58.0 cm³/mol. The molecule has 0 aromatic rings. The summed E-state index contributed by atoms with van der Waals surface area (Å²) in [6.07, 6.45) is -0.225. The summed E-state index contributed by atoms with van der Waals surface area (Å²) in [5.41, 5.74) is -0.803. The van der Waals surface area contributed by atoms with Crippen LogP contribution >= 0.6 is 0 Å². The maximum Gasteiger partial charge on any atom is 0.508 e. The molecule has 0 aliphatic carbocycles. The van der Waals surface area contributed by atoms with Gasteiger partial charge in [0.05, 0.1) is 18.6 Å². The standard InChI is InChI=1S/C11H20O5/c1-5-11(4,9(12)14-6-2)8-16-10(13)15-7-3/h5-8H2,1-4H3. The molecule has 0 saturated carbocycles. The molecule has 0 radical (unpaired) electrons. The Bertz CT molecular complexity index is 239. The van der Waals surface area contributed by atoms with Crippen LogP contribution in [0.25, 0.3) is 0 Å². The van der Waals surface area contributed by atoms with Crippen LogP contribution in [0.4, 0.5) is 4.79 Å². The Balaban J connectivity index is 4.26. The molecule has 94 valence electrons. The molecule has 0 saturated heterocycles. The van der Waals surface area contributed by atoms with Crippen LogP contribution in [0.3, 0.4) is 0 Å². The molecule has 1 atom stereocenters. The lowest BCUT2D eigenvalue weighted by atomic mass is 9.89. The van der Waals surface area contributed by atoms with Gasteiger partial charge in [0.1, 0.15) is 6.61 Å². The van der Waals surface area contributed by atoms with Gasteiger partial charge in [0.15, 0.2) is 0 Å². The molecular formula is C11H20O5. The summed E-state index contributed by atoms with van der Waals surface area (Å²) in [6.45, 7) is 7.50. The summed E-state index contributed by atoms with van der Waals surface area (Å²) in [6, 6.07) is 0. The van der Waals surface area contributed by atoms with E-state index in [1.807, 2.05) is 6.92 Å². The van der Waals surface area contributed by atoms with Crippen molar-refractivity contribution >= 4 is 12.1 Å². The SMILES string of the molecule is CCOC(=O)OCC(C)(CC)C(=O)OCC. The van der Waals surface area contributed by atoms with Crippen molar-refractivity contribution in [2.45, 2.75) is 34.1 Å². The number of esters is 1. The second kappa shape index (κ2) is 7.09. The normalized spacial score (nSPS) is 13.8. The third-order valence-corrected chi connectivity index (χ3v) is 2.32. The molecule has 0 heterocycles. The van der Waals surface area contributed by atoms with Crippen molar-refractivity contribution < 1.29 is 23.8 Å². The van der Waals surface area contributed by atoms with Gasteiger partial charge in [0.25, 0.3) is 0 Å². The maximum atomic E-state index is 11.6. The minimum atomic E-state index is -0.803. The summed E-state index contributed by atoms with van der Waals surface area (Å²) < 4.78 is 14.4. The largest absolute Gasteiger partial charge is 0.508 e. The van der Waals surface area contributed by atoms with E-state index < -0.39 is 11.6 Å². The number of rotatable bonds is 6. The van der Waals surface area contributed by atoms with E-state index in [1.54, 1.807) is 20.8 Å². The lowest BCUT2D eigenvalue weighted by molar-refractivity contribution is -0.157. The van der Waals surface area contributed by atoms with E-state index in [0.29, 0.717) is 13.0 Å². The molecule has 0 aromatic heterocycles. The number of ether oxygens (including phenoxy) is 3. The van der Waals surface area contributed by atoms with E-state index in [2.05, 4.69) is 4.74 Å². The third kappa shape index (κ3) is 4.51. The van der Waals surface area contributed by atoms with Gasteiger partial charge in [-0.25, -0.2) is 4.79 Å². The number of carbonyl (C=O) groups is 2. The van der Waals surface area contributed by atoms with Crippen molar-refractivity contribution in [3.05, 3.63) is 0 Å². The van der Waals surface area contributed by atoms with Gasteiger partial charge in [0, 0.05) is 0 Å². The summed E-state index contributed by atoms with van der Waals surface area (Å²) in [5, 5.41) is 0. The van der Waals surface area contributed by atoms with E-state index >= 15 is 0 Å². The zero-order valence-electron chi connectivity index (χ0n) is 10.4. The molecule has 5 nitrogen and oxygen atoms in total. The molecule has 0 spiro atoms. The van der Waals surface area contributed by atoms with Crippen molar-refractivity contribution in [2.24, 2.45) is 5.41 Å². The minimum Gasteiger partial charge on any atom is -0.465 e. The quantitative estimate of drug-likeness (QED) is 0.656. The Morgan fingerprint density at radius 3 is 2.00 bits per heavy atom. The molecule has 16 heavy (non-hydrogen) atoms.